The molecular weight excluding hydrogens is 476 g/mol. The van der Waals surface area contributed by atoms with Gasteiger partial charge in [-0.2, -0.15) is 43.9 Å². The predicted octanol–water partition coefficient (Wildman–Crippen LogP) is 4.55. The van der Waals surface area contributed by atoms with Gasteiger partial charge in [0.25, 0.3) is 11.3 Å². The van der Waals surface area contributed by atoms with Gasteiger partial charge >= 0.3 is 41.0 Å². The number of rotatable bonds is 4. The van der Waals surface area contributed by atoms with Gasteiger partial charge in [0.1, 0.15) is 0 Å². The molecule has 0 aliphatic heterocycles. The van der Waals surface area contributed by atoms with Crippen molar-refractivity contribution >= 4 is 0 Å². The molecule has 31 heavy (non-hydrogen) atoms. The molecule has 0 aromatic rings. The van der Waals surface area contributed by atoms with Crippen LogP contribution in [0.4, 0.5) is 61.5 Å². The van der Waals surface area contributed by atoms with Crippen molar-refractivity contribution in [2.45, 2.75) is 84.2 Å². The second-order valence-electron chi connectivity index (χ2n) is 8.02. The van der Waals surface area contributed by atoms with E-state index in [1.165, 1.54) is 6.92 Å². The van der Waals surface area contributed by atoms with Gasteiger partial charge in [-0.3, -0.25) is 0 Å². The van der Waals surface area contributed by atoms with E-state index in [1.807, 2.05) is 0 Å². The van der Waals surface area contributed by atoms with Gasteiger partial charge < -0.3 is 10.5 Å². The Morgan fingerprint density at radius 2 is 0.839 bits per heavy atom. The van der Waals surface area contributed by atoms with Crippen molar-refractivity contribution in [2.75, 3.05) is 6.61 Å². The Morgan fingerprint density at radius 1 is 0.581 bits per heavy atom. The van der Waals surface area contributed by atoms with Crippen molar-refractivity contribution in [3.63, 3.8) is 0 Å². The molecule has 2 N–H and O–H groups in total. The number of hydrogen-bond acceptors (Lipinski definition) is 2. The molecule has 0 heterocycles. The fourth-order valence-corrected chi connectivity index (χ4v) is 4.79. The van der Waals surface area contributed by atoms with E-state index in [0.717, 1.165) is 0 Å². The zero-order valence-corrected chi connectivity index (χ0v) is 15.3. The third-order valence-electron chi connectivity index (χ3n) is 6.75. The van der Waals surface area contributed by atoms with Crippen LogP contribution in [-0.4, -0.2) is 70.5 Å². The molecule has 16 heteroatoms. The maximum atomic E-state index is 15.4. The summed E-state index contributed by atoms with van der Waals surface area (Å²) in [6.07, 6.45) is -0.313. The van der Waals surface area contributed by atoms with Crippen molar-refractivity contribution < 1.29 is 66.2 Å². The molecule has 2 nitrogen and oxygen atoms in total. The molecule has 0 aromatic carbocycles. The van der Waals surface area contributed by atoms with Crippen LogP contribution in [0.25, 0.3) is 0 Å². The van der Waals surface area contributed by atoms with E-state index in [4.69, 9.17) is 5.73 Å². The first-order valence-corrected chi connectivity index (χ1v) is 8.50. The molecule has 4 aliphatic carbocycles. The Bertz CT molecular complexity index is 724. The van der Waals surface area contributed by atoms with E-state index in [1.54, 1.807) is 0 Å². The van der Waals surface area contributed by atoms with E-state index in [-0.39, 0.29) is 6.42 Å². The van der Waals surface area contributed by atoms with E-state index in [9.17, 15) is 52.7 Å². The van der Waals surface area contributed by atoms with Crippen molar-refractivity contribution in [3.05, 3.63) is 0 Å². The smallest absolute Gasteiger partial charge is 0.339 e. The highest BCUT2D eigenvalue weighted by molar-refractivity contribution is 5.55. The predicted molar refractivity (Wildman–Crippen MR) is 72.7 cm³/mol. The fraction of sp³-hybridized carbons (Fsp3) is 1.00. The van der Waals surface area contributed by atoms with Crippen LogP contribution in [0, 0.1) is 0 Å². The third kappa shape index (κ3) is 1.59. The van der Waals surface area contributed by atoms with Crippen LogP contribution in [0.1, 0.15) is 20.3 Å². The summed E-state index contributed by atoms with van der Waals surface area (Å²) < 4.78 is 209. The minimum Gasteiger partial charge on any atom is -0.366 e. The lowest BCUT2D eigenvalue weighted by atomic mass is 9.37. The SMILES string of the molecule is CCC(N)COC1(C)C2(F)C(F)(F)C3(F)C(F)(F)C(F)(C2(F)F)C(F)(F)C1(F)C3(F)F. The van der Waals surface area contributed by atoms with E-state index in [0.29, 0.717) is 0 Å². The standard InChI is InChI=1S/C15H13F14NO/c1-3-5(30)4-31-6(2)7(16)11(20,21)9(18)13(24,25)8(6,17)14(26,27)10(19,12(7,22)23)15(9,28)29/h5H,3-4,30H2,1-2H3. The first-order valence-electron chi connectivity index (χ1n) is 8.50. The Hall–Kier alpha value is -1.06. The van der Waals surface area contributed by atoms with Crippen molar-refractivity contribution in [2.24, 2.45) is 5.73 Å². The molecule has 182 valence electrons. The van der Waals surface area contributed by atoms with Gasteiger partial charge in [0.05, 0.1) is 6.61 Å². The molecule has 0 amide bonds. The highest BCUT2D eigenvalue weighted by atomic mass is 19.3. The third-order valence-corrected chi connectivity index (χ3v) is 6.75. The second-order valence-corrected chi connectivity index (χ2v) is 8.02. The van der Waals surface area contributed by atoms with Gasteiger partial charge in [-0.1, -0.05) is 6.92 Å². The molecule has 4 saturated carbocycles. The first kappa shape index (κ1) is 24.6. The van der Waals surface area contributed by atoms with E-state index in [2.05, 4.69) is 4.74 Å². The summed E-state index contributed by atoms with van der Waals surface area (Å²) in [7, 11) is 0. The molecule has 0 saturated heterocycles. The summed E-state index contributed by atoms with van der Waals surface area (Å²) >= 11 is 0. The molecule has 4 rings (SSSR count). The van der Waals surface area contributed by atoms with E-state index < -0.39 is 77.5 Å². The Morgan fingerprint density at radius 3 is 1.10 bits per heavy atom. The summed E-state index contributed by atoms with van der Waals surface area (Å²) in [5, 5.41) is 0. The summed E-state index contributed by atoms with van der Waals surface area (Å²) in [5.41, 5.74) is -28.7. The van der Waals surface area contributed by atoms with Gasteiger partial charge in [0.2, 0.25) is 0 Å². The van der Waals surface area contributed by atoms with Crippen molar-refractivity contribution in [1.29, 1.82) is 0 Å². The molecule has 0 aromatic heterocycles. The van der Waals surface area contributed by atoms with Crippen LogP contribution in [0.3, 0.4) is 0 Å². The van der Waals surface area contributed by atoms with E-state index >= 15 is 8.78 Å². The van der Waals surface area contributed by atoms with Crippen LogP contribution in [0.5, 0.6) is 0 Å². The summed E-state index contributed by atoms with van der Waals surface area (Å²) in [6.45, 7) is -1.22. The zero-order chi connectivity index (χ0) is 24.7. The number of halogens is 14. The molecule has 0 radical (unpaired) electrons. The van der Waals surface area contributed by atoms with Gasteiger partial charge in [-0.25, -0.2) is 17.6 Å². The van der Waals surface area contributed by atoms with Crippen LogP contribution < -0.4 is 5.73 Å². The van der Waals surface area contributed by atoms with Crippen LogP contribution in [-0.2, 0) is 4.74 Å². The molecule has 4 aliphatic rings. The molecular formula is C15H13F14NO. The highest BCUT2D eigenvalue weighted by Crippen LogP contribution is 2.88. The lowest BCUT2D eigenvalue weighted by Crippen LogP contribution is -3.09. The van der Waals surface area contributed by atoms with Crippen LogP contribution >= 0.6 is 0 Å². The first-order chi connectivity index (χ1) is 13.5. The fourth-order valence-electron chi connectivity index (χ4n) is 4.79. The Kier molecular flexibility index (Phi) is 4.25. The van der Waals surface area contributed by atoms with Gasteiger partial charge in [-0.05, 0) is 13.3 Å². The number of hydrogen-bond donors (Lipinski definition) is 1. The lowest BCUT2D eigenvalue weighted by Gasteiger charge is -2.76. The zero-order valence-electron chi connectivity index (χ0n) is 15.3. The molecule has 4 bridgehead atoms. The Balaban J connectivity index is 2.56. The normalized spacial score (nSPS) is 51.0. The summed E-state index contributed by atoms with van der Waals surface area (Å²) in [5.74, 6) is -37.1. The van der Waals surface area contributed by atoms with Gasteiger partial charge in [0, 0.05) is 6.04 Å². The number of ether oxygens (including phenoxy) is 1. The summed E-state index contributed by atoms with van der Waals surface area (Å²) in [6, 6.07) is -1.56. The monoisotopic (exact) mass is 489 g/mol. The maximum absolute atomic E-state index is 15.4. The topological polar surface area (TPSA) is 35.2 Å². The van der Waals surface area contributed by atoms with Gasteiger partial charge in [-0.15, -0.1) is 0 Å². The average Bonchev–Trinajstić information content (AvgIpc) is 2.64. The number of nitrogens with two attached hydrogens (primary N) is 1. The largest absolute Gasteiger partial charge is 0.366 e. The van der Waals surface area contributed by atoms with Crippen molar-refractivity contribution in [3.8, 4) is 0 Å². The minimum absolute atomic E-state index is 0.313. The maximum Gasteiger partial charge on any atom is 0.339 e. The second kappa shape index (κ2) is 5.36. The molecule has 4 fully saturated rings. The van der Waals surface area contributed by atoms with Crippen molar-refractivity contribution in [1.82, 2.24) is 0 Å². The molecule has 1 unspecified atom stereocenters. The summed E-state index contributed by atoms with van der Waals surface area (Å²) in [4.78, 5) is 0. The Labute approximate surface area is 164 Å². The quantitative estimate of drug-likeness (QED) is 0.589. The molecule has 0 spiro atoms. The van der Waals surface area contributed by atoms with Gasteiger partial charge in [0.15, 0.2) is 5.60 Å². The average molecular weight is 489 g/mol. The molecule has 1 atom stereocenters. The van der Waals surface area contributed by atoms with Crippen LogP contribution in [0.2, 0.25) is 0 Å². The number of alkyl halides is 14. The highest BCUT2D eigenvalue weighted by Gasteiger charge is 3.21. The van der Waals surface area contributed by atoms with Crippen LogP contribution in [0.15, 0.2) is 0 Å². The lowest BCUT2D eigenvalue weighted by molar-refractivity contribution is -0.601. The minimum atomic E-state index is -7.67.